The molecule has 20 heavy (non-hydrogen) atoms. The second-order valence-corrected chi connectivity index (χ2v) is 6.16. The lowest BCUT2D eigenvalue weighted by molar-refractivity contribution is 0.379. The van der Waals surface area contributed by atoms with Gasteiger partial charge in [-0.15, -0.1) is 0 Å². The van der Waals surface area contributed by atoms with Gasteiger partial charge in [-0.05, 0) is 62.0 Å². The van der Waals surface area contributed by atoms with Crippen molar-refractivity contribution < 1.29 is 4.74 Å². The fraction of sp³-hybridized carbons (Fsp3) is 0.562. The summed E-state index contributed by atoms with van der Waals surface area (Å²) in [4.78, 5) is 2.38. The van der Waals surface area contributed by atoms with Crippen LogP contribution in [0.5, 0.6) is 5.75 Å². The van der Waals surface area contributed by atoms with E-state index < -0.39 is 0 Å². The second-order valence-electron chi connectivity index (χ2n) is 5.77. The van der Waals surface area contributed by atoms with Crippen molar-refractivity contribution in [2.24, 2.45) is 0 Å². The highest BCUT2D eigenvalue weighted by molar-refractivity contribution is 7.80. The van der Waals surface area contributed by atoms with Crippen LogP contribution >= 0.6 is 12.2 Å². The van der Waals surface area contributed by atoms with Crippen molar-refractivity contribution in [2.45, 2.75) is 44.2 Å². The Morgan fingerprint density at radius 1 is 1.40 bits per heavy atom. The quantitative estimate of drug-likeness (QED) is 0.862. The number of nitrogens with one attached hydrogen (secondary N) is 1. The van der Waals surface area contributed by atoms with Crippen LogP contribution in [0.4, 0.5) is 0 Å². The third-order valence-corrected chi connectivity index (χ3v) is 4.50. The van der Waals surface area contributed by atoms with E-state index in [1.54, 1.807) is 7.11 Å². The van der Waals surface area contributed by atoms with Crippen LogP contribution in [0.15, 0.2) is 24.3 Å². The third-order valence-electron chi connectivity index (χ3n) is 4.15. The summed E-state index contributed by atoms with van der Waals surface area (Å²) in [6.45, 7) is 1.09. The fourth-order valence-corrected chi connectivity index (χ4v) is 3.28. The van der Waals surface area contributed by atoms with E-state index in [0.717, 1.165) is 23.8 Å². The third kappa shape index (κ3) is 3.23. The fourth-order valence-electron chi connectivity index (χ4n) is 2.87. The molecule has 3 rings (SSSR count). The van der Waals surface area contributed by atoms with E-state index in [0.29, 0.717) is 12.1 Å². The minimum Gasteiger partial charge on any atom is -0.497 e. The molecule has 2 fully saturated rings. The molecule has 0 aromatic heterocycles. The van der Waals surface area contributed by atoms with Crippen molar-refractivity contribution in [2.75, 3.05) is 13.7 Å². The number of nitrogens with zero attached hydrogens (tertiary/aromatic N) is 1. The minimum atomic E-state index is 0.529. The molecule has 1 aromatic carbocycles. The van der Waals surface area contributed by atoms with Crippen molar-refractivity contribution >= 4 is 17.3 Å². The standard InChI is InChI=1S/C16H22N2OS/c1-19-15-6-2-4-12(11-15)10-14-5-3-9-18(14)16(20)17-13-7-8-13/h2,4,6,11,13-14H,3,5,7-10H2,1H3,(H,17,20). The molecule has 108 valence electrons. The smallest absolute Gasteiger partial charge is 0.169 e. The highest BCUT2D eigenvalue weighted by Gasteiger charge is 2.30. The van der Waals surface area contributed by atoms with E-state index in [2.05, 4.69) is 28.4 Å². The Hall–Kier alpha value is -1.29. The van der Waals surface area contributed by atoms with Gasteiger partial charge >= 0.3 is 0 Å². The Bertz CT molecular complexity index is 487. The number of thiocarbonyl (C=S) groups is 1. The summed E-state index contributed by atoms with van der Waals surface area (Å²) in [6, 6.07) is 9.54. The van der Waals surface area contributed by atoms with Gasteiger partial charge in [-0.3, -0.25) is 0 Å². The number of hydrogen-bond acceptors (Lipinski definition) is 2. The van der Waals surface area contributed by atoms with Gasteiger partial charge in [0.15, 0.2) is 5.11 Å². The predicted octanol–water partition coefficient (Wildman–Crippen LogP) is 2.74. The Morgan fingerprint density at radius 3 is 3.00 bits per heavy atom. The van der Waals surface area contributed by atoms with Gasteiger partial charge in [-0.1, -0.05) is 12.1 Å². The molecule has 1 unspecified atom stereocenters. The molecule has 0 radical (unpaired) electrons. The van der Waals surface area contributed by atoms with Crippen molar-refractivity contribution in [1.29, 1.82) is 0 Å². The summed E-state index contributed by atoms with van der Waals surface area (Å²) in [5.41, 5.74) is 1.33. The predicted molar refractivity (Wildman–Crippen MR) is 85.2 cm³/mol. The zero-order valence-corrected chi connectivity index (χ0v) is 12.8. The first-order valence-electron chi connectivity index (χ1n) is 7.46. The topological polar surface area (TPSA) is 24.5 Å². The maximum atomic E-state index is 5.56. The van der Waals surface area contributed by atoms with E-state index in [-0.39, 0.29) is 0 Å². The summed E-state index contributed by atoms with van der Waals surface area (Å²) >= 11 is 5.56. The molecule has 4 heteroatoms. The molecule has 1 aliphatic carbocycles. The summed E-state index contributed by atoms with van der Waals surface area (Å²) in [5, 5.41) is 4.42. The zero-order chi connectivity index (χ0) is 13.9. The number of likely N-dealkylation sites (tertiary alicyclic amines) is 1. The maximum absolute atomic E-state index is 5.56. The molecule has 1 atom stereocenters. The van der Waals surface area contributed by atoms with E-state index in [9.17, 15) is 0 Å². The SMILES string of the molecule is COc1cccc(CC2CCCN2C(=S)NC2CC2)c1. The van der Waals surface area contributed by atoms with Gasteiger partial charge in [0, 0.05) is 18.6 Å². The van der Waals surface area contributed by atoms with Gasteiger partial charge in [0.1, 0.15) is 5.75 Å². The van der Waals surface area contributed by atoms with Crippen molar-refractivity contribution in [3.8, 4) is 5.75 Å². The van der Waals surface area contributed by atoms with Crippen LogP contribution in [-0.4, -0.2) is 35.8 Å². The number of rotatable bonds is 4. The van der Waals surface area contributed by atoms with Crippen LogP contribution in [0.2, 0.25) is 0 Å². The maximum Gasteiger partial charge on any atom is 0.169 e. The largest absolute Gasteiger partial charge is 0.497 e. The number of benzene rings is 1. The molecule has 1 heterocycles. The lowest BCUT2D eigenvalue weighted by Crippen LogP contribution is -2.44. The van der Waals surface area contributed by atoms with Gasteiger partial charge in [0.05, 0.1) is 7.11 Å². The molecule has 0 bridgehead atoms. The average Bonchev–Trinajstić information content (AvgIpc) is 3.15. The Labute approximate surface area is 126 Å². The highest BCUT2D eigenvalue weighted by Crippen LogP contribution is 2.25. The second kappa shape index (κ2) is 6.00. The molecule has 1 saturated carbocycles. The van der Waals surface area contributed by atoms with Gasteiger partial charge < -0.3 is 15.0 Å². The van der Waals surface area contributed by atoms with Gasteiger partial charge in [-0.2, -0.15) is 0 Å². The van der Waals surface area contributed by atoms with Crippen LogP contribution in [0.25, 0.3) is 0 Å². The van der Waals surface area contributed by atoms with Crippen LogP contribution < -0.4 is 10.1 Å². The van der Waals surface area contributed by atoms with E-state index >= 15 is 0 Å². The van der Waals surface area contributed by atoms with Gasteiger partial charge in [0.2, 0.25) is 0 Å². The van der Waals surface area contributed by atoms with Crippen LogP contribution in [0, 0.1) is 0 Å². The molecule has 2 aliphatic rings. The summed E-state index contributed by atoms with van der Waals surface area (Å²) < 4.78 is 5.30. The molecule has 1 N–H and O–H groups in total. The summed E-state index contributed by atoms with van der Waals surface area (Å²) in [6.07, 6.45) is 6.05. The van der Waals surface area contributed by atoms with Gasteiger partial charge in [-0.25, -0.2) is 0 Å². The minimum absolute atomic E-state index is 0.529. The highest BCUT2D eigenvalue weighted by atomic mass is 32.1. The first-order valence-corrected chi connectivity index (χ1v) is 7.87. The Kier molecular flexibility index (Phi) is 4.10. The Balaban J connectivity index is 1.63. The molecule has 1 aliphatic heterocycles. The normalized spacial score (nSPS) is 21.9. The van der Waals surface area contributed by atoms with Gasteiger partial charge in [0.25, 0.3) is 0 Å². The van der Waals surface area contributed by atoms with Crippen molar-refractivity contribution in [1.82, 2.24) is 10.2 Å². The first-order chi connectivity index (χ1) is 9.76. The van der Waals surface area contributed by atoms with E-state index in [4.69, 9.17) is 17.0 Å². The van der Waals surface area contributed by atoms with Crippen LogP contribution in [-0.2, 0) is 6.42 Å². The molecule has 1 aromatic rings. The molecular weight excluding hydrogens is 268 g/mol. The monoisotopic (exact) mass is 290 g/mol. The van der Waals surface area contributed by atoms with E-state index in [1.807, 2.05) is 6.07 Å². The zero-order valence-electron chi connectivity index (χ0n) is 12.0. The number of hydrogen-bond donors (Lipinski definition) is 1. The first kappa shape index (κ1) is 13.7. The van der Waals surface area contributed by atoms with E-state index in [1.165, 1.54) is 31.2 Å². The number of methoxy groups -OCH3 is 1. The van der Waals surface area contributed by atoms with Crippen LogP contribution in [0.1, 0.15) is 31.2 Å². The average molecular weight is 290 g/mol. The molecule has 3 nitrogen and oxygen atoms in total. The lowest BCUT2D eigenvalue weighted by atomic mass is 10.0. The lowest BCUT2D eigenvalue weighted by Gasteiger charge is -2.28. The van der Waals surface area contributed by atoms with Crippen molar-refractivity contribution in [3.05, 3.63) is 29.8 Å². The molecule has 0 spiro atoms. The number of ether oxygens (including phenoxy) is 1. The Morgan fingerprint density at radius 2 is 2.25 bits per heavy atom. The van der Waals surface area contributed by atoms with Crippen molar-refractivity contribution in [3.63, 3.8) is 0 Å². The summed E-state index contributed by atoms with van der Waals surface area (Å²) in [5.74, 6) is 0.936. The molecular formula is C16H22N2OS. The molecule has 1 saturated heterocycles. The molecule has 0 amide bonds. The van der Waals surface area contributed by atoms with Crippen LogP contribution in [0.3, 0.4) is 0 Å². The summed E-state index contributed by atoms with van der Waals surface area (Å²) in [7, 11) is 1.72.